The summed E-state index contributed by atoms with van der Waals surface area (Å²) in [7, 11) is 0. The van der Waals surface area contributed by atoms with Gasteiger partial charge in [0.05, 0.1) is 29.4 Å². The highest BCUT2D eigenvalue weighted by Crippen LogP contribution is 2.43. The predicted molar refractivity (Wildman–Crippen MR) is 218 cm³/mol. The van der Waals surface area contributed by atoms with Crippen LogP contribution in [0.1, 0.15) is 54.4 Å². The average molecular weight is 806 g/mol. The normalized spacial score (nSPS) is 18.5. The lowest BCUT2D eigenvalue weighted by Crippen LogP contribution is -2.49. The molecule has 1 aliphatic carbocycles. The van der Waals surface area contributed by atoms with Crippen LogP contribution < -0.4 is 21.3 Å². The highest BCUT2D eigenvalue weighted by Gasteiger charge is 2.49. The van der Waals surface area contributed by atoms with Crippen molar-refractivity contribution in [3.05, 3.63) is 159 Å². The van der Waals surface area contributed by atoms with Crippen molar-refractivity contribution >= 4 is 58.2 Å². The minimum Gasteiger partial charge on any atom is -0.383 e. The molecule has 2 aliphatic rings. The summed E-state index contributed by atoms with van der Waals surface area (Å²) in [6.07, 6.45) is 3.01. The van der Waals surface area contributed by atoms with Gasteiger partial charge in [0.25, 0.3) is 0 Å². The van der Waals surface area contributed by atoms with E-state index < -0.39 is 41.0 Å². The van der Waals surface area contributed by atoms with Gasteiger partial charge in [-0.25, -0.2) is 14.0 Å². The Morgan fingerprint density at radius 2 is 1.47 bits per heavy atom. The molecule has 3 atom stereocenters. The summed E-state index contributed by atoms with van der Waals surface area (Å²) < 4.78 is 15.9. The van der Waals surface area contributed by atoms with E-state index in [0.717, 1.165) is 19.3 Å². The lowest BCUT2D eigenvalue weighted by molar-refractivity contribution is -0.119. The Morgan fingerprint density at radius 3 is 2.12 bits per heavy atom. The van der Waals surface area contributed by atoms with Crippen LogP contribution in [-0.2, 0) is 15.9 Å². The number of amides is 5. The standard InChI is InChI=1S/C44H39Cl2FN6O4/c45-33-12-16-35(17-13-33)49-41(55)52-44(22-21-28-9-10-28,31-8-4-5-29(23-31)26-48)32-11-20-37(47)38(24-32)51-40(54)39-25-43(57,30-6-2-1-3-7-30)27-53(39)42(56)50-36-18-14-34(46)15-19-36/h1-8,11-20,23-24,28,39,57H,9-10,21-22,25,27H2,(H,50,56)(H,51,54)(H2,49,52,55). The fraction of sp³-hybridized carbons (Fsp3) is 0.227. The number of hydrogen-bond acceptors (Lipinski definition) is 5. The number of carbonyl (C=O) groups is 3. The number of β-amino-alcohol motifs (C(OH)–C–C–N with tert-alkyl or cyclic N) is 1. The van der Waals surface area contributed by atoms with Crippen molar-refractivity contribution in [1.29, 1.82) is 5.26 Å². The second-order valence-electron chi connectivity index (χ2n) is 14.5. The Hall–Kier alpha value is -5.93. The van der Waals surface area contributed by atoms with E-state index in [-0.39, 0.29) is 18.7 Å². The van der Waals surface area contributed by atoms with E-state index in [1.165, 1.54) is 17.0 Å². The van der Waals surface area contributed by atoms with Crippen LogP contribution in [0.4, 0.5) is 31.0 Å². The van der Waals surface area contributed by atoms with Gasteiger partial charge >= 0.3 is 12.1 Å². The Bertz CT molecular complexity index is 2320. The second kappa shape index (κ2) is 16.7. The molecule has 10 nitrogen and oxygen atoms in total. The maximum atomic E-state index is 15.9. The number of nitrogens with zero attached hydrogens (tertiary/aromatic N) is 2. The van der Waals surface area contributed by atoms with E-state index in [0.29, 0.717) is 56.0 Å². The zero-order valence-corrected chi connectivity index (χ0v) is 32.2. The first kappa shape index (κ1) is 39.3. The summed E-state index contributed by atoms with van der Waals surface area (Å²) in [5.74, 6) is -1.05. The van der Waals surface area contributed by atoms with E-state index >= 15 is 4.39 Å². The molecule has 2 fully saturated rings. The van der Waals surface area contributed by atoms with Gasteiger partial charge in [-0.2, -0.15) is 5.26 Å². The van der Waals surface area contributed by atoms with Crippen LogP contribution in [0, 0.1) is 23.1 Å². The van der Waals surface area contributed by atoms with Crippen molar-refractivity contribution in [2.75, 3.05) is 22.5 Å². The van der Waals surface area contributed by atoms with Crippen molar-refractivity contribution in [1.82, 2.24) is 10.2 Å². The number of anilines is 3. The summed E-state index contributed by atoms with van der Waals surface area (Å²) >= 11 is 12.1. The second-order valence-corrected chi connectivity index (χ2v) is 15.4. The van der Waals surface area contributed by atoms with Crippen molar-refractivity contribution in [2.24, 2.45) is 5.92 Å². The first-order chi connectivity index (χ1) is 27.4. The molecule has 0 bridgehead atoms. The maximum absolute atomic E-state index is 15.9. The first-order valence-electron chi connectivity index (χ1n) is 18.5. The Balaban J connectivity index is 1.24. The zero-order valence-electron chi connectivity index (χ0n) is 30.6. The molecule has 57 heavy (non-hydrogen) atoms. The first-order valence-corrected chi connectivity index (χ1v) is 19.3. The van der Waals surface area contributed by atoms with Gasteiger partial charge in [-0.1, -0.05) is 84.6 Å². The summed E-state index contributed by atoms with van der Waals surface area (Å²) in [5.41, 5.74) is -0.245. The van der Waals surface area contributed by atoms with Gasteiger partial charge in [-0.05, 0) is 108 Å². The van der Waals surface area contributed by atoms with Gasteiger partial charge in [0.15, 0.2) is 0 Å². The number of rotatable bonds is 11. The molecule has 1 heterocycles. The maximum Gasteiger partial charge on any atom is 0.322 e. The molecule has 290 valence electrons. The van der Waals surface area contributed by atoms with Crippen molar-refractivity contribution < 1.29 is 23.9 Å². The molecule has 5 aromatic rings. The number of aliphatic hydroxyl groups is 1. The fourth-order valence-corrected chi connectivity index (χ4v) is 7.61. The Kier molecular flexibility index (Phi) is 11.5. The summed E-state index contributed by atoms with van der Waals surface area (Å²) in [5, 5.41) is 34.2. The molecular formula is C44H39Cl2FN6O4. The summed E-state index contributed by atoms with van der Waals surface area (Å²) in [6.45, 7) is -0.219. The lowest BCUT2D eigenvalue weighted by atomic mass is 9.78. The van der Waals surface area contributed by atoms with Gasteiger partial charge in [-0.3, -0.25) is 4.79 Å². The predicted octanol–water partition coefficient (Wildman–Crippen LogP) is 9.39. The molecule has 5 amide bonds. The zero-order chi connectivity index (χ0) is 40.2. The number of urea groups is 2. The highest BCUT2D eigenvalue weighted by molar-refractivity contribution is 6.31. The number of hydrogen-bond donors (Lipinski definition) is 5. The summed E-state index contributed by atoms with van der Waals surface area (Å²) in [4.78, 5) is 43.2. The molecule has 5 aromatic carbocycles. The fourth-order valence-electron chi connectivity index (χ4n) is 7.36. The van der Waals surface area contributed by atoms with Crippen molar-refractivity contribution in [3.63, 3.8) is 0 Å². The molecule has 13 heteroatoms. The Morgan fingerprint density at radius 1 is 0.825 bits per heavy atom. The minimum absolute atomic E-state index is 0.170. The SMILES string of the molecule is N#Cc1cccc(C(CCC2CC2)(NC(=O)Nc2ccc(Cl)cc2)c2ccc(F)c(NC(=O)C3CC(O)(c4ccccc4)CN3C(=O)Nc3ccc(Cl)cc3)c2)c1. The van der Waals surface area contributed by atoms with Gasteiger partial charge < -0.3 is 31.3 Å². The van der Waals surface area contributed by atoms with Crippen molar-refractivity contribution in [2.45, 2.75) is 49.3 Å². The molecule has 0 radical (unpaired) electrons. The van der Waals surface area contributed by atoms with Crippen LogP contribution >= 0.6 is 23.2 Å². The number of nitriles is 1. The topological polar surface area (TPSA) is 147 Å². The van der Waals surface area contributed by atoms with Gasteiger partial charge in [0.1, 0.15) is 17.5 Å². The van der Waals surface area contributed by atoms with Gasteiger partial charge in [-0.15, -0.1) is 0 Å². The van der Waals surface area contributed by atoms with Gasteiger partial charge in [0.2, 0.25) is 5.91 Å². The molecule has 1 saturated carbocycles. The number of carbonyl (C=O) groups excluding carboxylic acids is 3. The molecule has 1 aliphatic heterocycles. The number of benzene rings is 5. The molecule has 0 spiro atoms. The monoisotopic (exact) mass is 804 g/mol. The van der Waals surface area contributed by atoms with Crippen molar-refractivity contribution in [3.8, 4) is 6.07 Å². The third-order valence-corrected chi connectivity index (χ3v) is 11.1. The average Bonchev–Trinajstić information content (AvgIpc) is 3.98. The Labute approximate surface area is 339 Å². The van der Waals surface area contributed by atoms with E-state index in [9.17, 15) is 24.8 Å². The quantitative estimate of drug-likeness (QED) is 0.0903. The van der Waals surface area contributed by atoms with E-state index in [4.69, 9.17) is 23.2 Å². The van der Waals surface area contributed by atoms with E-state index in [2.05, 4.69) is 27.3 Å². The largest absolute Gasteiger partial charge is 0.383 e. The van der Waals surface area contributed by atoms with Crippen LogP contribution in [0.2, 0.25) is 10.0 Å². The lowest BCUT2D eigenvalue weighted by Gasteiger charge is -2.37. The van der Waals surface area contributed by atoms with E-state index in [1.54, 1.807) is 109 Å². The van der Waals surface area contributed by atoms with Crippen LogP contribution in [-0.4, -0.2) is 40.6 Å². The molecule has 7 rings (SSSR count). The molecule has 1 saturated heterocycles. The number of halogens is 3. The van der Waals surface area contributed by atoms with Crippen LogP contribution in [0.15, 0.2) is 121 Å². The molecular weight excluding hydrogens is 766 g/mol. The summed E-state index contributed by atoms with van der Waals surface area (Å²) in [6, 6.07) is 32.7. The van der Waals surface area contributed by atoms with E-state index in [1.807, 2.05) is 0 Å². The smallest absolute Gasteiger partial charge is 0.322 e. The number of likely N-dealkylation sites (tertiary alicyclic amines) is 1. The molecule has 0 aromatic heterocycles. The van der Waals surface area contributed by atoms with Crippen LogP contribution in [0.5, 0.6) is 0 Å². The minimum atomic E-state index is -1.59. The van der Waals surface area contributed by atoms with Crippen LogP contribution in [0.25, 0.3) is 0 Å². The third-order valence-electron chi connectivity index (χ3n) is 10.6. The third kappa shape index (κ3) is 9.05. The van der Waals surface area contributed by atoms with Gasteiger partial charge in [0, 0.05) is 27.8 Å². The number of nitrogens with one attached hydrogen (secondary N) is 4. The molecule has 5 N–H and O–H groups in total. The molecule has 3 unspecified atom stereocenters. The highest BCUT2D eigenvalue weighted by atomic mass is 35.5. The van der Waals surface area contributed by atoms with Crippen LogP contribution in [0.3, 0.4) is 0 Å².